The van der Waals surface area contributed by atoms with Gasteiger partial charge in [0.25, 0.3) is 0 Å². The molecular formula is C16H13Cl4F. The van der Waals surface area contributed by atoms with Crippen molar-refractivity contribution in [2.45, 2.75) is 11.8 Å². The molecule has 2 aromatic rings. The van der Waals surface area contributed by atoms with Crippen molar-refractivity contribution in [1.29, 1.82) is 0 Å². The summed E-state index contributed by atoms with van der Waals surface area (Å²) in [6, 6.07) is 12.2. The number of alkyl halides is 2. The molecule has 0 N–H and O–H groups in total. The van der Waals surface area contributed by atoms with Gasteiger partial charge in [-0.2, -0.15) is 0 Å². The molecule has 112 valence electrons. The Labute approximate surface area is 143 Å². The molecule has 0 aliphatic rings. The van der Waals surface area contributed by atoms with Gasteiger partial charge in [-0.3, -0.25) is 0 Å². The van der Waals surface area contributed by atoms with Crippen LogP contribution in [-0.4, -0.2) is 11.8 Å². The molecule has 0 spiro atoms. The van der Waals surface area contributed by atoms with E-state index in [1.807, 2.05) is 18.2 Å². The van der Waals surface area contributed by atoms with Crippen molar-refractivity contribution in [1.82, 2.24) is 0 Å². The molecule has 2 aromatic carbocycles. The maximum absolute atomic E-state index is 13.6. The van der Waals surface area contributed by atoms with Gasteiger partial charge in [-0.15, -0.1) is 23.2 Å². The molecule has 0 fully saturated rings. The van der Waals surface area contributed by atoms with Gasteiger partial charge in [-0.1, -0.05) is 41.4 Å². The van der Waals surface area contributed by atoms with E-state index in [2.05, 4.69) is 0 Å². The molecule has 0 aliphatic carbocycles. The van der Waals surface area contributed by atoms with E-state index in [0.717, 1.165) is 11.1 Å². The van der Waals surface area contributed by atoms with Crippen LogP contribution in [0.5, 0.6) is 0 Å². The third-order valence-electron chi connectivity index (χ3n) is 3.48. The second kappa shape index (κ2) is 7.19. The number of halogens is 5. The molecule has 0 saturated heterocycles. The van der Waals surface area contributed by atoms with Crippen LogP contribution in [0.15, 0.2) is 42.5 Å². The maximum Gasteiger partial charge on any atom is 0.142 e. The molecule has 0 aromatic heterocycles. The lowest BCUT2D eigenvalue weighted by atomic mass is 9.79. The van der Waals surface area contributed by atoms with Gasteiger partial charge in [-0.05, 0) is 41.8 Å². The summed E-state index contributed by atoms with van der Waals surface area (Å²) in [5, 5.41) is 0.721. The van der Waals surface area contributed by atoms with Crippen LogP contribution < -0.4 is 0 Å². The van der Waals surface area contributed by atoms with Crippen LogP contribution in [0.4, 0.5) is 4.39 Å². The van der Waals surface area contributed by atoms with Gasteiger partial charge in [0.05, 0.1) is 5.02 Å². The minimum absolute atomic E-state index is 0.101. The Hall–Kier alpha value is -0.470. The molecule has 0 aliphatic heterocycles. The van der Waals surface area contributed by atoms with E-state index in [1.165, 1.54) is 12.1 Å². The van der Waals surface area contributed by atoms with Crippen LogP contribution in [0.1, 0.15) is 11.1 Å². The topological polar surface area (TPSA) is 0 Å². The molecule has 5 heteroatoms. The fourth-order valence-corrected chi connectivity index (χ4v) is 3.34. The number of rotatable bonds is 5. The normalized spacial score (nSPS) is 11.7. The highest BCUT2D eigenvalue weighted by Gasteiger charge is 2.31. The van der Waals surface area contributed by atoms with Gasteiger partial charge >= 0.3 is 0 Å². The third kappa shape index (κ3) is 3.84. The number of hydrogen-bond donors (Lipinski definition) is 0. The Morgan fingerprint density at radius 3 is 2.24 bits per heavy atom. The van der Waals surface area contributed by atoms with Crippen molar-refractivity contribution < 1.29 is 4.39 Å². The fourth-order valence-electron chi connectivity index (χ4n) is 2.25. The van der Waals surface area contributed by atoms with Crippen molar-refractivity contribution in [2.24, 2.45) is 0 Å². The molecule has 0 bridgehead atoms. The molecule has 0 nitrogen and oxygen atoms in total. The molecule has 21 heavy (non-hydrogen) atoms. The standard InChI is InChI=1S/C16H13Cl4F/c17-9-16(10-18,12-2-1-3-13(19)7-12)8-11-4-5-14(20)15(21)6-11/h1-7H,8-10H2. The quantitative estimate of drug-likeness (QED) is 0.562. The highest BCUT2D eigenvalue weighted by atomic mass is 35.5. The smallest absolute Gasteiger partial charge is 0.142 e. The monoisotopic (exact) mass is 364 g/mol. The first kappa shape index (κ1) is 16.9. The molecule has 0 heterocycles. The summed E-state index contributed by atoms with van der Waals surface area (Å²) in [5.41, 5.74) is 1.22. The summed E-state index contributed by atoms with van der Waals surface area (Å²) >= 11 is 24.1. The zero-order chi connectivity index (χ0) is 15.5. The first-order valence-corrected chi connectivity index (χ1v) is 8.15. The molecule has 0 radical (unpaired) electrons. The minimum Gasteiger partial charge on any atom is -0.205 e. The zero-order valence-electron chi connectivity index (χ0n) is 11.1. The van der Waals surface area contributed by atoms with Crippen molar-refractivity contribution >= 4 is 46.4 Å². The fraction of sp³-hybridized carbons (Fsp3) is 0.250. The second-order valence-electron chi connectivity index (χ2n) is 4.98. The maximum atomic E-state index is 13.6. The van der Waals surface area contributed by atoms with E-state index in [0.29, 0.717) is 23.2 Å². The lowest BCUT2D eigenvalue weighted by Crippen LogP contribution is -2.33. The Balaban J connectivity index is 2.40. The van der Waals surface area contributed by atoms with E-state index in [9.17, 15) is 4.39 Å². The highest BCUT2D eigenvalue weighted by Crippen LogP contribution is 2.33. The Kier molecular flexibility index (Phi) is 5.79. The largest absolute Gasteiger partial charge is 0.205 e. The van der Waals surface area contributed by atoms with Crippen LogP contribution in [0.2, 0.25) is 10.0 Å². The molecule has 0 unspecified atom stereocenters. The first-order valence-electron chi connectivity index (χ1n) is 6.33. The molecule has 0 saturated carbocycles. The third-order valence-corrected chi connectivity index (χ3v) is 5.04. The lowest BCUT2D eigenvalue weighted by Gasteiger charge is -2.30. The van der Waals surface area contributed by atoms with Gasteiger partial charge < -0.3 is 0 Å². The highest BCUT2D eigenvalue weighted by molar-refractivity contribution is 6.31. The average Bonchev–Trinajstić information content (AvgIpc) is 2.48. The SMILES string of the molecule is Fc1cc(CC(CCl)(CCl)c2cccc(Cl)c2)ccc1Cl. The van der Waals surface area contributed by atoms with Crippen LogP contribution in [-0.2, 0) is 11.8 Å². The van der Waals surface area contributed by atoms with Crippen LogP contribution >= 0.6 is 46.4 Å². The molecule has 2 rings (SSSR count). The van der Waals surface area contributed by atoms with Gasteiger partial charge in [0.2, 0.25) is 0 Å². The number of benzene rings is 2. The molecular weight excluding hydrogens is 353 g/mol. The summed E-state index contributed by atoms with van der Waals surface area (Å²) in [6.07, 6.45) is 0.508. The summed E-state index contributed by atoms with van der Waals surface area (Å²) in [5.74, 6) is 0.167. The van der Waals surface area contributed by atoms with E-state index < -0.39 is 11.2 Å². The van der Waals surface area contributed by atoms with E-state index in [4.69, 9.17) is 46.4 Å². The predicted octanol–water partition coefficient (Wildman–Crippen LogP) is 6.09. The van der Waals surface area contributed by atoms with E-state index >= 15 is 0 Å². The zero-order valence-corrected chi connectivity index (χ0v) is 14.1. The Bertz CT molecular complexity index is 623. The van der Waals surface area contributed by atoms with Crippen molar-refractivity contribution in [3.05, 3.63) is 69.5 Å². The predicted molar refractivity (Wildman–Crippen MR) is 89.7 cm³/mol. The van der Waals surface area contributed by atoms with Gasteiger partial charge in [0.15, 0.2) is 0 Å². The Morgan fingerprint density at radius 2 is 1.67 bits per heavy atom. The van der Waals surface area contributed by atoms with Crippen molar-refractivity contribution in [3.8, 4) is 0 Å². The minimum atomic E-state index is -0.506. The average molecular weight is 366 g/mol. The lowest BCUT2D eigenvalue weighted by molar-refractivity contribution is 0.533. The Morgan fingerprint density at radius 1 is 0.952 bits per heavy atom. The molecule has 0 amide bonds. The van der Waals surface area contributed by atoms with E-state index in [-0.39, 0.29) is 5.02 Å². The molecule has 0 atom stereocenters. The first-order chi connectivity index (χ1) is 10.0. The van der Waals surface area contributed by atoms with Gasteiger partial charge in [0, 0.05) is 22.2 Å². The van der Waals surface area contributed by atoms with E-state index in [1.54, 1.807) is 12.1 Å². The summed E-state index contributed by atoms with van der Waals surface area (Å²) in [7, 11) is 0. The summed E-state index contributed by atoms with van der Waals surface area (Å²) < 4.78 is 13.6. The van der Waals surface area contributed by atoms with Crippen LogP contribution in [0.3, 0.4) is 0 Å². The van der Waals surface area contributed by atoms with Crippen LogP contribution in [0, 0.1) is 5.82 Å². The van der Waals surface area contributed by atoms with Crippen molar-refractivity contribution in [2.75, 3.05) is 11.8 Å². The van der Waals surface area contributed by atoms with Gasteiger partial charge in [0.1, 0.15) is 5.82 Å². The number of hydrogen-bond acceptors (Lipinski definition) is 0. The van der Waals surface area contributed by atoms with Crippen molar-refractivity contribution in [3.63, 3.8) is 0 Å². The summed E-state index contributed by atoms with van der Waals surface area (Å²) in [6.45, 7) is 0. The van der Waals surface area contributed by atoms with Crippen LogP contribution in [0.25, 0.3) is 0 Å². The second-order valence-corrected chi connectivity index (χ2v) is 6.36. The summed E-state index contributed by atoms with van der Waals surface area (Å²) in [4.78, 5) is 0. The van der Waals surface area contributed by atoms with Gasteiger partial charge in [-0.25, -0.2) is 4.39 Å².